The molecule has 0 saturated carbocycles. The Morgan fingerprint density at radius 3 is 2.44 bits per heavy atom. The zero-order valence-electron chi connectivity index (χ0n) is 10.4. The molecule has 0 aliphatic rings. The van der Waals surface area contributed by atoms with Crippen molar-refractivity contribution in [1.82, 2.24) is 4.98 Å². The van der Waals surface area contributed by atoms with Crippen molar-refractivity contribution in [3.8, 4) is 11.3 Å². The minimum atomic E-state index is 1.12. The maximum absolute atomic E-state index is 3.60. The molecule has 0 aliphatic heterocycles. The van der Waals surface area contributed by atoms with E-state index in [1.54, 1.807) is 0 Å². The van der Waals surface area contributed by atoms with E-state index in [1.165, 1.54) is 27.6 Å². The van der Waals surface area contributed by atoms with Gasteiger partial charge in [-0.2, -0.15) is 0 Å². The fourth-order valence-electron chi connectivity index (χ4n) is 2.23. The SMILES string of the molecule is Cc1cc2cc(-c3ccccc3Br)[nH]c2cc1C. The van der Waals surface area contributed by atoms with Crippen LogP contribution in [-0.4, -0.2) is 4.98 Å². The Labute approximate surface area is 115 Å². The standard InChI is InChI=1S/C16H14BrN/c1-10-7-12-9-16(18-15(12)8-11(10)2)13-5-3-4-6-14(13)17/h3-9,18H,1-2H3. The lowest BCUT2D eigenvalue weighted by molar-refractivity contribution is 1.35. The van der Waals surface area contributed by atoms with Crippen LogP contribution in [0, 0.1) is 13.8 Å². The number of rotatable bonds is 1. The number of nitrogens with one attached hydrogen (secondary N) is 1. The van der Waals surface area contributed by atoms with Crippen molar-refractivity contribution in [2.24, 2.45) is 0 Å². The zero-order valence-corrected chi connectivity index (χ0v) is 12.0. The number of fused-ring (bicyclic) bond motifs is 1. The Morgan fingerprint density at radius 2 is 1.67 bits per heavy atom. The number of aromatic nitrogens is 1. The normalized spacial score (nSPS) is 11.1. The number of H-pyrrole nitrogens is 1. The van der Waals surface area contributed by atoms with Gasteiger partial charge in [-0.25, -0.2) is 0 Å². The lowest BCUT2D eigenvalue weighted by Gasteiger charge is -2.00. The van der Waals surface area contributed by atoms with Crippen molar-refractivity contribution >= 4 is 26.8 Å². The highest BCUT2D eigenvalue weighted by Gasteiger charge is 2.07. The average molecular weight is 300 g/mol. The van der Waals surface area contributed by atoms with Crippen LogP contribution in [0.2, 0.25) is 0 Å². The summed E-state index contributed by atoms with van der Waals surface area (Å²) < 4.78 is 1.12. The second kappa shape index (κ2) is 4.29. The van der Waals surface area contributed by atoms with E-state index in [0.29, 0.717) is 0 Å². The minimum Gasteiger partial charge on any atom is -0.354 e. The predicted molar refractivity (Wildman–Crippen MR) is 80.9 cm³/mol. The van der Waals surface area contributed by atoms with Crippen LogP contribution in [0.3, 0.4) is 0 Å². The first-order chi connectivity index (χ1) is 8.65. The van der Waals surface area contributed by atoms with Crippen molar-refractivity contribution < 1.29 is 0 Å². The van der Waals surface area contributed by atoms with E-state index in [4.69, 9.17) is 0 Å². The van der Waals surface area contributed by atoms with Crippen LogP contribution in [0.25, 0.3) is 22.2 Å². The Kier molecular flexibility index (Phi) is 2.75. The molecule has 90 valence electrons. The number of hydrogen-bond acceptors (Lipinski definition) is 0. The van der Waals surface area contributed by atoms with E-state index in [0.717, 1.165) is 10.2 Å². The molecule has 0 saturated heterocycles. The van der Waals surface area contributed by atoms with Gasteiger partial charge in [-0.1, -0.05) is 34.1 Å². The maximum atomic E-state index is 3.60. The van der Waals surface area contributed by atoms with Crippen LogP contribution in [-0.2, 0) is 0 Å². The summed E-state index contributed by atoms with van der Waals surface area (Å²) in [5.41, 5.74) is 6.21. The van der Waals surface area contributed by atoms with Crippen molar-refractivity contribution in [3.63, 3.8) is 0 Å². The summed E-state index contributed by atoms with van der Waals surface area (Å²) in [6.45, 7) is 4.30. The Hall–Kier alpha value is -1.54. The molecule has 1 N–H and O–H groups in total. The largest absolute Gasteiger partial charge is 0.354 e. The first kappa shape index (κ1) is 11.5. The molecule has 0 radical (unpaired) electrons. The van der Waals surface area contributed by atoms with Crippen LogP contribution >= 0.6 is 15.9 Å². The molecular weight excluding hydrogens is 286 g/mol. The molecule has 1 heterocycles. The lowest BCUT2D eigenvalue weighted by atomic mass is 10.1. The molecule has 0 spiro atoms. The zero-order chi connectivity index (χ0) is 12.7. The summed E-state index contributed by atoms with van der Waals surface area (Å²) in [4.78, 5) is 3.49. The topological polar surface area (TPSA) is 15.8 Å². The van der Waals surface area contributed by atoms with E-state index >= 15 is 0 Å². The molecule has 0 bridgehead atoms. The number of benzene rings is 2. The van der Waals surface area contributed by atoms with E-state index < -0.39 is 0 Å². The van der Waals surface area contributed by atoms with Crippen molar-refractivity contribution in [2.45, 2.75) is 13.8 Å². The summed E-state index contributed by atoms with van der Waals surface area (Å²) in [5, 5.41) is 1.27. The van der Waals surface area contributed by atoms with Gasteiger partial charge in [0.1, 0.15) is 0 Å². The maximum Gasteiger partial charge on any atom is 0.0476 e. The molecule has 3 rings (SSSR count). The fraction of sp³-hybridized carbons (Fsp3) is 0.125. The second-order valence-corrected chi connectivity index (χ2v) is 5.54. The molecule has 0 unspecified atom stereocenters. The highest BCUT2D eigenvalue weighted by Crippen LogP contribution is 2.30. The Morgan fingerprint density at radius 1 is 0.944 bits per heavy atom. The molecule has 0 aliphatic carbocycles. The number of hydrogen-bond donors (Lipinski definition) is 1. The fourth-order valence-corrected chi connectivity index (χ4v) is 2.73. The molecule has 0 fully saturated rings. The molecule has 0 atom stereocenters. The molecule has 1 aromatic heterocycles. The third-order valence-corrected chi connectivity index (χ3v) is 4.09. The molecular formula is C16H14BrN. The molecule has 0 amide bonds. The van der Waals surface area contributed by atoms with Gasteiger partial charge in [0.2, 0.25) is 0 Å². The lowest BCUT2D eigenvalue weighted by Crippen LogP contribution is -1.80. The number of aryl methyl sites for hydroxylation is 2. The summed E-state index contributed by atoms with van der Waals surface area (Å²) in [6.07, 6.45) is 0. The molecule has 2 aromatic carbocycles. The first-order valence-electron chi connectivity index (χ1n) is 6.00. The van der Waals surface area contributed by atoms with Crippen LogP contribution < -0.4 is 0 Å². The van der Waals surface area contributed by atoms with E-state index in [9.17, 15) is 0 Å². The van der Waals surface area contributed by atoms with Gasteiger partial charge in [0.25, 0.3) is 0 Å². The Bertz CT molecular complexity index is 686. The summed E-state index contributed by atoms with van der Waals surface area (Å²) in [5.74, 6) is 0. The van der Waals surface area contributed by atoms with Gasteiger partial charge in [0.05, 0.1) is 0 Å². The molecule has 18 heavy (non-hydrogen) atoms. The smallest absolute Gasteiger partial charge is 0.0476 e. The highest BCUT2D eigenvalue weighted by molar-refractivity contribution is 9.10. The number of aromatic amines is 1. The van der Waals surface area contributed by atoms with Gasteiger partial charge in [0, 0.05) is 26.6 Å². The van der Waals surface area contributed by atoms with Crippen molar-refractivity contribution in [2.75, 3.05) is 0 Å². The average Bonchev–Trinajstić information content (AvgIpc) is 2.73. The van der Waals surface area contributed by atoms with E-state index in [1.807, 2.05) is 6.07 Å². The summed E-state index contributed by atoms with van der Waals surface area (Å²) in [7, 11) is 0. The highest BCUT2D eigenvalue weighted by atomic mass is 79.9. The van der Waals surface area contributed by atoms with E-state index in [2.05, 4.69) is 71.2 Å². The predicted octanol–water partition coefficient (Wildman–Crippen LogP) is 5.21. The third-order valence-electron chi connectivity index (χ3n) is 3.40. The van der Waals surface area contributed by atoms with Gasteiger partial charge >= 0.3 is 0 Å². The van der Waals surface area contributed by atoms with Crippen LogP contribution in [0.15, 0.2) is 46.9 Å². The van der Waals surface area contributed by atoms with Gasteiger partial charge in [-0.3, -0.25) is 0 Å². The summed E-state index contributed by atoms with van der Waals surface area (Å²) >= 11 is 3.60. The third kappa shape index (κ3) is 1.87. The van der Waals surface area contributed by atoms with Crippen LogP contribution in [0.1, 0.15) is 11.1 Å². The monoisotopic (exact) mass is 299 g/mol. The minimum absolute atomic E-state index is 1.12. The Balaban J connectivity index is 2.23. The van der Waals surface area contributed by atoms with Crippen molar-refractivity contribution in [3.05, 3.63) is 58.1 Å². The number of halogens is 1. The van der Waals surface area contributed by atoms with Crippen LogP contribution in [0.4, 0.5) is 0 Å². The van der Waals surface area contributed by atoms with Gasteiger partial charge in [-0.15, -0.1) is 0 Å². The van der Waals surface area contributed by atoms with Gasteiger partial charge < -0.3 is 4.98 Å². The van der Waals surface area contributed by atoms with Gasteiger partial charge in [-0.05, 0) is 49.2 Å². The molecule has 1 nitrogen and oxygen atoms in total. The molecule has 2 heteroatoms. The quantitative estimate of drug-likeness (QED) is 0.634. The van der Waals surface area contributed by atoms with Gasteiger partial charge in [0.15, 0.2) is 0 Å². The van der Waals surface area contributed by atoms with Crippen molar-refractivity contribution in [1.29, 1.82) is 0 Å². The molecule has 3 aromatic rings. The summed E-state index contributed by atoms with van der Waals surface area (Å²) in [6, 6.07) is 14.9. The van der Waals surface area contributed by atoms with Crippen LogP contribution in [0.5, 0.6) is 0 Å². The van der Waals surface area contributed by atoms with E-state index in [-0.39, 0.29) is 0 Å². The second-order valence-electron chi connectivity index (χ2n) is 4.69. The first-order valence-corrected chi connectivity index (χ1v) is 6.79.